The Hall–Kier alpha value is -5.66. The van der Waals surface area contributed by atoms with Crippen LogP contribution in [0.3, 0.4) is 0 Å². The van der Waals surface area contributed by atoms with E-state index in [-0.39, 0.29) is 0 Å². The van der Waals surface area contributed by atoms with Crippen molar-refractivity contribution in [2.24, 2.45) is 0 Å². The van der Waals surface area contributed by atoms with Crippen molar-refractivity contribution in [3.8, 4) is 33.4 Å². The molecule has 10 rings (SSSR count). The molecule has 1 heterocycles. The van der Waals surface area contributed by atoms with E-state index in [0.717, 1.165) is 29.4 Å². The predicted molar refractivity (Wildman–Crippen MR) is 193 cm³/mol. The van der Waals surface area contributed by atoms with Crippen molar-refractivity contribution >= 4 is 43.5 Å². The van der Waals surface area contributed by atoms with Crippen LogP contribution in [0.5, 0.6) is 0 Å². The summed E-state index contributed by atoms with van der Waals surface area (Å²) in [6.07, 6.45) is 11.0. The van der Waals surface area contributed by atoms with Crippen LogP contribution in [-0.2, 0) is 6.42 Å². The molecule has 0 radical (unpaired) electrons. The quantitative estimate of drug-likeness (QED) is 0.188. The predicted octanol–water partition coefficient (Wildman–Crippen LogP) is 12.4. The molecule has 0 amide bonds. The molecule has 216 valence electrons. The van der Waals surface area contributed by atoms with Gasteiger partial charge in [0.25, 0.3) is 0 Å². The number of rotatable bonds is 3. The maximum atomic E-state index is 6.19. The first-order valence-electron chi connectivity index (χ1n) is 16.3. The van der Waals surface area contributed by atoms with Crippen LogP contribution in [0, 0.1) is 0 Å². The molecule has 0 aliphatic heterocycles. The summed E-state index contributed by atoms with van der Waals surface area (Å²) >= 11 is 0. The van der Waals surface area contributed by atoms with E-state index in [0.29, 0.717) is 5.92 Å². The Labute approximate surface area is 267 Å². The molecule has 2 aliphatic rings. The molecular formula is C45H30O. The summed E-state index contributed by atoms with van der Waals surface area (Å²) in [7, 11) is 0. The maximum absolute atomic E-state index is 6.19. The second-order valence-corrected chi connectivity index (χ2v) is 12.7. The number of benzene rings is 7. The van der Waals surface area contributed by atoms with E-state index in [4.69, 9.17) is 4.42 Å². The van der Waals surface area contributed by atoms with E-state index in [9.17, 15) is 0 Å². The van der Waals surface area contributed by atoms with Crippen molar-refractivity contribution in [1.82, 2.24) is 0 Å². The molecule has 1 heteroatoms. The third kappa shape index (κ3) is 3.69. The van der Waals surface area contributed by atoms with Crippen molar-refractivity contribution in [3.63, 3.8) is 0 Å². The van der Waals surface area contributed by atoms with Crippen LogP contribution in [0.4, 0.5) is 0 Å². The summed E-state index contributed by atoms with van der Waals surface area (Å²) in [6, 6.07) is 46.9. The normalized spacial score (nSPS) is 15.3. The van der Waals surface area contributed by atoms with Gasteiger partial charge >= 0.3 is 0 Å². The zero-order valence-corrected chi connectivity index (χ0v) is 25.3. The lowest BCUT2D eigenvalue weighted by atomic mass is 9.80. The zero-order chi connectivity index (χ0) is 30.2. The van der Waals surface area contributed by atoms with E-state index in [1.807, 2.05) is 6.07 Å². The van der Waals surface area contributed by atoms with Gasteiger partial charge in [-0.3, -0.25) is 0 Å². The third-order valence-corrected chi connectivity index (χ3v) is 10.2. The largest absolute Gasteiger partial charge is 0.456 e. The van der Waals surface area contributed by atoms with Gasteiger partial charge in [-0.25, -0.2) is 0 Å². The fourth-order valence-corrected chi connectivity index (χ4v) is 8.27. The number of hydrogen-bond acceptors (Lipinski definition) is 1. The highest BCUT2D eigenvalue weighted by Gasteiger charge is 2.28. The van der Waals surface area contributed by atoms with E-state index < -0.39 is 0 Å². The molecule has 8 aromatic rings. The third-order valence-electron chi connectivity index (χ3n) is 10.2. The summed E-state index contributed by atoms with van der Waals surface area (Å²) in [5, 5.41) is 7.68. The first-order chi connectivity index (χ1) is 22.8. The molecule has 1 unspecified atom stereocenters. The van der Waals surface area contributed by atoms with E-state index in [1.165, 1.54) is 77.0 Å². The molecule has 46 heavy (non-hydrogen) atoms. The van der Waals surface area contributed by atoms with Gasteiger partial charge < -0.3 is 4.42 Å². The molecule has 7 aromatic carbocycles. The molecule has 1 atom stereocenters. The number of para-hydroxylation sites is 1. The molecular weight excluding hydrogens is 556 g/mol. The van der Waals surface area contributed by atoms with Gasteiger partial charge in [0.1, 0.15) is 11.2 Å². The van der Waals surface area contributed by atoms with Gasteiger partial charge in [-0.15, -0.1) is 0 Å². The Morgan fingerprint density at radius 1 is 0.500 bits per heavy atom. The second kappa shape index (κ2) is 9.92. The van der Waals surface area contributed by atoms with E-state index >= 15 is 0 Å². The van der Waals surface area contributed by atoms with Crippen molar-refractivity contribution in [2.75, 3.05) is 0 Å². The molecule has 1 nitrogen and oxygen atoms in total. The molecule has 1 aromatic heterocycles. The van der Waals surface area contributed by atoms with Crippen LogP contribution in [-0.4, -0.2) is 0 Å². The Morgan fingerprint density at radius 3 is 1.96 bits per heavy atom. The topological polar surface area (TPSA) is 13.1 Å². The van der Waals surface area contributed by atoms with Crippen molar-refractivity contribution in [2.45, 2.75) is 18.8 Å². The summed E-state index contributed by atoms with van der Waals surface area (Å²) in [4.78, 5) is 0. The first-order valence-corrected chi connectivity index (χ1v) is 16.3. The summed E-state index contributed by atoms with van der Waals surface area (Å²) in [6.45, 7) is 0. The van der Waals surface area contributed by atoms with Crippen molar-refractivity contribution in [3.05, 3.63) is 168 Å². The monoisotopic (exact) mass is 586 g/mol. The minimum Gasteiger partial charge on any atom is -0.456 e. The summed E-state index contributed by atoms with van der Waals surface area (Å²) < 4.78 is 6.19. The highest BCUT2D eigenvalue weighted by Crippen LogP contribution is 2.51. The van der Waals surface area contributed by atoms with Gasteiger partial charge in [-0.2, -0.15) is 0 Å². The fraction of sp³-hybridized carbons (Fsp3) is 0.0667. The zero-order valence-electron chi connectivity index (χ0n) is 25.3. The van der Waals surface area contributed by atoms with Crippen LogP contribution in [0.1, 0.15) is 29.0 Å². The minimum atomic E-state index is 0.358. The average molecular weight is 587 g/mol. The first kappa shape index (κ1) is 25.6. The lowest BCUT2D eigenvalue weighted by Gasteiger charge is -2.23. The van der Waals surface area contributed by atoms with Crippen LogP contribution in [0.25, 0.3) is 76.9 Å². The molecule has 0 spiro atoms. The van der Waals surface area contributed by atoms with E-state index in [1.54, 1.807) is 0 Å². The van der Waals surface area contributed by atoms with Crippen LogP contribution in [0.15, 0.2) is 156 Å². The Kier molecular flexibility index (Phi) is 5.53. The number of fused-ring (bicyclic) bond motifs is 8. The van der Waals surface area contributed by atoms with Crippen molar-refractivity contribution in [1.29, 1.82) is 0 Å². The van der Waals surface area contributed by atoms with Gasteiger partial charge in [0.05, 0.1) is 0 Å². The molecule has 0 saturated carbocycles. The van der Waals surface area contributed by atoms with Crippen LogP contribution >= 0.6 is 0 Å². The van der Waals surface area contributed by atoms with Gasteiger partial charge in [0, 0.05) is 16.7 Å². The Balaban J connectivity index is 1.27. The van der Waals surface area contributed by atoms with Crippen LogP contribution in [0.2, 0.25) is 0 Å². The number of hydrogen-bond donors (Lipinski definition) is 0. The highest BCUT2D eigenvalue weighted by molar-refractivity contribution is 6.18. The lowest BCUT2D eigenvalue weighted by molar-refractivity contribution is 0.669. The minimum absolute atomic E-state index is 0.358. The number of furan rings is 1. The Bertz CT molecular complexity index is 2530. The molecule has 0 fully saturated rings. The molecule has 2 aliphatic carbocycles. The second-order valence-electron chi connectivity index (χ2n) is 12.7. The maximum Gasteiger partial charge on any atom is 0.135 e. The van der Waals surface area contributed by atoms with Gasteiger partial charge in [-0.05, 0) is 103 Å². The van der Waals surface area contributed by atoms with Gasteiger partial charge in [0.15, 0.2) is 0 Å². The highest BCUT2D eigenvalue weighted by atomic mass is 16.3. The molecule has 0 saturated heterocycles. The molecule has 0 N–H and O–H groups in total. The summed E-state index contributed by atoms with van der Waals surface area (Å²) in [5.41, 5.74) is 14.0. The smallest absolute Gasteiger partial charge is 0.135 e. The summed E-state index contributed by atoms with van der Waals surface area (Å²) in [5.74, 6) is 0.358. The Morgan fingerprint density at radius 2 is 1.17 bits per heavy atom. The van der Waals surface area contributed by atoms with Crippen molar-refractivity contribution < 1.29 is 4.42 Å². The average Bonchev–Trinajstić information content (AvgIpc) is 3.69. The van der Waals surface area contributed by atoms with Gasteiger partial charge in [-0.1, -0.05) is 133 Å². The van der Waals surface area contributed by atoms with Gasteiger partial charge in [0.2, 0.25) is 0 Å². The standard InChI is InChI=1S/C45H30O/c1-2-12-28(13-3-1)43-34-17-6-8-19-36(34)45(37-20-9-7-18-35(37)43)38-24-23-31(40-27-29-14-4-5-15-32(29)44(38)40)30-22-25-42-39(26-30)33-16-10-11-21-41(33)46-42/h1-12,14-26,28H,13,27H2. The fourth-order valence-electron chi connectivity index (χ4n) is 8.27. The SMILES string of the molecule is C1=CCC(c2c3ccccc3c(-c3ccc(-c4ccc5oc6ccccc6c5c4)c4c3-c3ccccc3C4)c3ccccc23)C=C1. The molecule has 0 bridgehead atoms. The van der Waals surface area contributed by atoms with E-state index in [2.05, 4.69) is 146 Å². The lowest BCUT2D eigenvalue weighted by Crippen LogP contribution is -2.01. The number of allylic oxidation sites excluding steroid dienone is 4. The van der Waals surface area contributed by atoms with Crippen LogP contribution < -0.4 is 0 Å².